The van der Waals surface area contributed by atoms with Gasteiger partial charge < -0.3 is 15.7 Å². The minimum atomic E-state index is -0.879. The monoisotopic (exact) mass is 504 g/mol. The third kappa shape index (κ3) is 5.65. The summed E-state index contributed by atoms with van der Waals surface area (Å²) in [6.45, 7) is 8.02. The van der Waals surface area contributed by atoms with Crippen molar-refractivity contribution in [1.82, 2.24) is 0 Å². The Balaban J connectivity index is 0.000000165. The van der Waals surface area contributed by atoms with Crippen LogP contribution in [0.1, 0.15) is 44.4 Å². The van der Waals surface area contributed by atoms with E-state index in [1.165, 1.54) is 16.8 Å². The Morgan fingerprint density at radius 2 is 1.34 bits per heavy atom. The Morgan fingerprint density at radius 1 is 0.743 bits per heavy atom. The zero-order valence-corrected chi connectivity index (χ0v) is 21.9. The van der Waals surface area contributed by atoms with Crippen molar-refractivity contribution in [2.24, 2.45) is 0 Å². The number of benzene rings is 4. The zero-order valence-electron chi connectivity index (χ0n) is 20.4. The molecule has 4 aromatic rings. The lowest BCUT2D eigenvalue weighted by atomic mass is 9.74. The van der Waals surface area contributed by atoms with Gasteiger partial charge in [0.2, 0.25) is 0 Å². The molecule has 180 valence electrons. The standard InChI is InChI=1S/C15H16ClNO.C15H14ClN/c1-15(2,18)13-5-3-4-6-14(13)17-12-9-7-11(16)8-10-12;1-15(2)11-5-3-4-6-13(11)17-14-8-7-10(16)9-12(14)15/h3-10,17-18H,1-2H3;3-9,17H,1-2H3. The summed E-state index contributed by atoms with van der Waals surface area (Å²) in [5.41, 5.74) is 6.71. The summed E-state index contributed by atoms with van der Waals surface area (Å²) in [7, 11) is 0. The Labute approximate surface area is 217 Å². The maximum atomic E-state index is 10.1. The molecule has 0 aromatic heterocycles. The van der Waals surface area contributed by atoms with Crippen LogP contribution in [-0.4, -0.2) is 5.11 Å². The molecular weight excluding hydrogens is 475 g/mol. The van der Waals surface area contributed by atoms with Crippen molar-refractivity contribution in [2.45, 2.75) is 38.7 Å². The van der Waals surface area contributed by atoms with Crippen LogP contribution in [0.3, 0.4) is 0 Å². The zero-order chi connectivity index (χ0) is 25.2. The molecule has 0 radical (unpaired) electrons. The molecule has 0 spiro atoms. The SMILES string of the molecule is CC(C)(O)c1ccccc1Nc1ccc(Cl)cc1.CC1(C)c2ccccc2Nc2ccc(Cl)cc21. The number of hydrogen-bond acceptors (Lipinski definition) is 3. The summed E-state index contributed by atoms with van der Waals surface area (Å²) >= 11 is 12.0. The molecule has 5 heteroatoms. The summed E-state index contributed by atoms with van der Waals surface area (Å²) in [5.74, 6) is 0. The first kappa shape index (κ1) is 25.1. The van der Waals surface area contributed by atoms with Crippen molar-refractivity contribution in [1.29, 1.82) is 0 Å². The van der Waals surface area contributed by atoms with Crippen LogP contribution >= 0.6 is 23.2 Å². The van der Waals surface area contributed by atoms with E-state index in [1.807, 2.05) is 54.6 Å². The summed E-state index contributed by atoms with van der Waals surface area (Å²) in [5, 5.41) is 18.4. The summed E-state index contributed by atoms with van der Waals surface area (Å²) in [4.78, 5) is 0. The van der Waals surface area contributed by atoms with Gasteiger partial charge in [0, 0.05) is 43.8 Å². The van der Waals surface area contributed by atoms with E-state index in [2.05, 4.69) is 60.9 Å². The lowest BCUT2D eigenvalue weighted by molar-refractivity contribution is 0.0794. The van der Waals surface area contributed by atoms with Crippen LogP contribution in [0.25, 0.3) is 0 Å². The van der Waals surface area contributed by atoms with Gasteiger partial charge in [-0.2, -0.15) is 0 Å². The van der Waals surface area contributed by atoms with Crippen LogP contribution in [0.4, 0.5) is 22.7 Å². The smallest absolute Gasteiger partial charge is 0.0860 e. The number of hydrogen-bond donors (Lipinski definition) is 3. The van der Waals surface area contributed by atoms with Crippen molar-refractivity contribution >= 4 is 46.0 Å². The van der Waals surface area contributed by atoms with Gasteiger partial charge in [-0.25, -0.2) is 0 Å². The highest BCUT2D eigenvalue weighted by Gasteiger charge is 2.32. The Hall–Kier alpha value is -2.98. The predicted molar refractivity (Wildman–Crippen MR) is 150 cm³/mol. The number of nitrogens with one attached hydrogen (secondary N) is 2. The van der Waals surface area contributed by atoms with Gasteiger partial charge in [-0.15, -0.1) is 0 Å². The van der Waals surface area contributed by atoms with Crippen molar-refractivity contribution in [3.05, 3.63) is 118 Å². The number of para-hydroxylation sites is 2. The molecule has 1 heterocycles. The van der Waals surface area contributed by atoms with Gasteiger partial charge in [0.05, 0.1) is 5.60 Å². The number of halogens is 2. The van der Waals surface area contributed by atoms with E-state index in [0.29, 0.717) is 5.02 Å². The highest BCUT2D eigenvalue weighted by molar-refractivity contribution is 6.31. The van der Waals surface area contributed by atoms with E-state index in [4.69, 9.17) is 23.2 Å². The molecule has 1 aliphatic heterocycles. The first-order chi connectivity index (χ1) is 16.6. The second-order valence-corrected chi connectivity index (χ2v) is 10.6. The van der Waals surface area contributed by atoms with Gasteiger partial charge in [0.25, 0.3) is 0 Å². The number of fused-ring (bicyclic) bond motifs is 2. The minimum Gasteiger partial charge on any atom is -0.386 e. The molecule has 0 atom stereocenters. The molecule has 1 aliphatic rings. The molecule has 3 N–H and O–H groups in total. The van der Waals surface area contributed by atoms with Crippen LogP contribution in [0.2, 0.25) is 10.0 Å². The van der Waals surface area contributed by atoms with Gasteiger partial charge >= 0.3 is 0 Å². The second kappa shape index (κ2) is 9.94. The average molecular weight is 505 g/mol. The number of anilines is 4. The van der Waals surface area contributed by atoms with Gasteiger partial charge in [0.15, 0.2) is 0 Å². The molecule has 4 aromatic carbocycles. The first-order valence-corrected chi connectivity index (χ1v) is 12.3. The lowest BCUT2D eigenvalue weighted by Crippen LogP contribution is -2.25. The summed E-state index contributed by atoms with van der Waals surface area (Å²) in [6, 6.07) is 29.7. The van der Waals surface area contributed by atoms with Crippen molar-refractivity contribution < 1.29 is 5.11 Å². The third-order valence-corrected chi connectivity index (χ3v) is 6.72. The van der Waals surface area contributed by atoms with Gasteiger partial charge in [-0.05, 0) is 79.6 Å². The molecule has 0 fully saturated rings. The largest absolute Gasteiger partial charge is 0.386 e. The maximum absolute atomic E-state index is 10.1. The third-order valence-electron chi connectivity index (χ3n) is 6.23. The van der Waals surface area contributed by atoms with Crippen molar-refractivity contribution in [2.75, 3.05) is 10.6 Å². The van der Waals surface area contributed by atoms with E-state index in [9.17, 15) is 5.11 Å². The fraction of sp³-hybridized carbons (Fsp3) is 0.200. The van der Waals surface area contributed by atoms with Gasteiger partial charge in [-0.3, -0.25) is 0 Å². The quantitative estimate of drug-likeness (QED) is 0.260. The summed E-state index contributed by atoms with van der Waals surface area (Å²) in [6.07, 6.45) is 0. The number of rotatable bonds is 3. The lowest BCUT2D eigenvalue weighted by Gasteiger charge is -2.35. The molecule has 0 saturated carbocycles. The van der Waals surface area contributed by atoms with Gasteiger partial charge in [-0.1, -0.05) is 73.4 Å². The second-order valence-electron chi connectivity index (χ2n) is 9.72. The molecule has 0 bridgehead atoms. The van der Waals surface area contributed by atoms with Crippen LogP contribution in [0.5, 0.6) is 0 Å². The van der Waals surface area contributed by atoms with Crippen LogP contribution < -0.4 is 10.6 Å². The van der Waals surface area contributed by atoms with Crippen LogP contribution in [0.15, 0.2) is 91.0 Å². The van der Waals surface area contributed by atoms with Crippen molar-refractivity contribution in [3.63, 3.8) is 0 Å². The molecule has 5 rings (SSSR count). The van der Waals surface area contributed by atoms with Crippen LogP contribution in [0, 0.1) is 0 Å². The fourth-order valence-electron chi connectivity index (χ4n) is 4.38. The molecule has 0 unspecified atom stereocenters. The van der Waals surface area contributed by atoms with Gasteiger partial charge in [0.1, 0.15) is 0 Å². The van der Waals surface area contributed by atoms with E-state index in [1.54, 1.807) is 13.8 Å². The Bertz CT molecular complexity index is 1330. The molecule has 0 saturated heterocycles. The highest BCUT2D eigenvalue weighted by Crippen LogP contribution is 2.45. The molecule has 0 amide bonds. The maximum Gasteiger partial charge on any atom is 0.0860 e. The normalized spacial score (nSPS) is 13.5. The van der Waals surface area contributed by atoms with Crippen molar-refractivity contribution in [3.8, 4) is 0 Å². The average Bonchev–Trinajstić information content (AvgIpc) is 2.81. The summed E-state index contributed by atoms with van der Waals surface area (Å²) < 4.78 is 0. The van der Waals surface area contributed by atoms with Crippen LogP contribution in [-0.2, 0) is 11.0 Å². The van der Waals surface area contributed by atoms with E-state index in [-0.39, 0.29) is 5.41 Å². The van der Waals surface area contributed by atoms with E-state index in [0.717, 1.165) is 27.6 Å². The minimum absolute atomic E-state index is 0.0118. The first-order valence-electron chi connectivity index (χ1n) is 11.6. The van der Waals surface area contributed by atoms with E-state index < -0.39 is 5.60 Å². The molecular formula is C30H30Cl2N2O. The molecule has 0 aliphatic carbocycles. The number of aliphatic hydroxyl groups is 1. The highest BCUT2D eigenvalue weighted by atomic mass is 35.5. The van der Waals surface area contributed by atoms with E-state index >= 15 is 0 Å². The topological polar surface area (TPSA) is 44.3 Å². The Kier molecular flexibility index (Phi) is 7.14. The Morgan fingerprint density at radius 3 is 2.06 bits per heavy atom. The molecule has 35 heavy (non-hydrogen) atoms. The fourth-order valence-corrected chi connectivity index (χ4v) is 4.68. The predicted octanol–water partition coefficient (Wildman–Crippen LogP) is 9.03. The molecule has 3 nitrogen and oxygen atoms in total.